The van der Waals surface area contributed by atoms with Crippen LogP contribution in [0.2, 0.25) is 0 Å². The average molecular weight is 411 g/mol. The van der Waals surface area contributed by atoms with Crippen molar-refractivity contribution < 1.29 is 22.8 Å². The summed E-state index contributed by atoms with van der Waals surface area (Å²) in [5.41, 5.74) is 0.520. The molecule has 0 unspecified atom stereocenters. The maximum Gasteiger partial charge on any atom is 0.264 e. The highest BCUT2D eigenvalue weighted by atomic mass is 32.2. The Hall–Kier alpha value is -2.07. The van der Waals surface area contributed by atoms with Crippen molar-refractivity contribution in [3.05, 3.63) is 48.5 Å². The van der Waals surface area contributed by atoms with E-state index in [2.05, 4.69) is 5.32 Å². The Morgan fingerprint density at radius 3 is 2.30 bits per heavy atom. The van der Waals surface area contributed by atoms with E-state index in [4.69, 9.17) is 9.57 Å². The Bertz CT molecular complexity index is 852. The van der Waals surface area contributed by atoms with E-state index < -0.39 is 10.0 Å². The number of hydrogen-bond donors (Lipinski definition) is 1. The summed E-state index contributed by atoms with van der Waals surface area (Å²) in [4.78, 5) is 17.8. The number of ether oxygens (including phenoxy) is 1. The quantitative estimate of drug-likeness (QED) is 0.505. The summed E-state index contributed by atoms with van der Waals surface area (Å²) in [6.07, 6.45) is 0. The van der Waals surface area contributed by atoms with E-state index in [-0.39, 0.29) is 16.6 Å². The summed E-state index contributed by atoms with van der Waals surface area (Å²) >= 11 is 1.40. The number of hydrogen-bond acceptors (Lipinski definition) is 6. The first-order valence-corrected chi connectivity index (χ1v) is 10.6. The van der Waals surface area contributed by atoms with Crippen LogP contribution in [0.1, 0.15) is 6.92 Å². The van der Waals surface area contributed by atoms with Crippen LogP contribution in [0.3, 0.4) is 0 Å². The van der Waals surface area contributed by atoms with Crippen molar-refractivity contribution >= 4 is 33.4 Å². The van der Waals surface area contributed by atoms with Crippen LogP contribution in [0.5, 0.6) is 5.75 Å². The zero-order chi connectivity index (χ0) is 19.9. The maximum atomic E-state index is 12.1. The fourth-order valence-electron chi connectivity index (χ4n) is 2.10. The number of sulfonamides is 1. The van der Waals surface area contributed by atoms with Gasteiger partial charge in [0.15, 0.2) is 0 Å². The minimum atomic E-state index is -3.70. The highest BCUT2D eigenvalue weighted by Crippen LogP contribution is 2.22. The number of nitrogens with zero attached hydrogens (tertiary/aromatic N) is 1. The Kier molecular flexibility index (Phi) is 7.66. The number of carbonyl (C=O) groups excluding carboxylic acids is 1. The lowest BCUT2D eigenvalue weighted by Crippen LogP contribution is -2.25. The van der Waals surface area contributed by atoms with Crippen LogP contribution in [-0.2, 0) is 19.7 Å². The van der Waals surface area contributed by atoms with Crippen molar-refractivity contribution in [3.63, 3.8) is 0 Å². The Morgan fingerprint density at radius 2 is 1.74 bits per heavy atom. The van der Waals surface area contributed by atoms with E-state index in [1.807, 2.05) is 31.2 Å². The predicted octanol–water partition coefficient (Wildman–Crippen LogP) is 3.00. The number of carbonyl (C=O) groups is 1. The molecule has 0 spiro atoms. The van der Waals surface area contributed by atoms with Gasteiger partial charge in [-0.1, -0.05) is 4.47 Å². The Morgan fingerprint density at radius 1 is 1.11 bits per heavy atom. The summed E-state index contributed by atoms with van der Waals surface area (Å²) in [6.45, 7) is 2.53. The van der Waals surface area contributed by atoms with Crippen molar-refractivity contribution in [2.45, 2.75) is 16.7 Å². The third-order valence-corrected chi connectivity index (χ3v) is 6.24. The minimum Gasteiger partial charge on any atom is -0.494 e. The van der Waals surface area contributed by atoms with E-state index >= 15 is 0 Å². The van der Waals surface area contributed by atoms with Gasteiger partial charge >= 0.3 is 0 Å². The second-order valence-electron chi connectivity index (χ2n) is 5.36. The lowest BCUT2D eigenvalue weighted by atomic mass is 10.3. The lowest BCUT2D eigenvalue weighted by molar-refractivity contribution is -0.113. The van der Waals surface area contributed by atoms with Crippen LogP contribution in [0.25, 0.3) is 0 Å². The van der Waals surface area contributed by atoms with Crippen LogP contribution in [-0.4, -0.2) is 45.3 Å². The fraction of sp³-hybridized carbons (Fsp3) is 0.278. The standard InChI is InChI=1S/C18H22N2O5S2/c1-4-25-15-7-9-16(10-8-15)26-13-18(21)19-14-5-11-17(12-6-14)27(22,23)20(2)24-3/h5-12H,4,13H2,1-3H3,(H,19,21). The van der Waals surface area contributed by atoms with Gasteiger partial charge < -0.3 is 10.1 Å². The first-order valence-electron chi connectivity index (χ1n) is 8.15. The van der Waals surface area contributed by atoms with Crippen molar-refractivity contribution in [1.82, 2.24) is 4.47 Å². The van der Waals surface area contributed by atoms with Gasteiger partial charge in [-0.2, -0.15) is 0 Å². The number of anilines is 1. The molecule has 0 aliphatic carbocycles. The molecule has 0 aliphatic heterocycles. The average Bonchev–Trinajstić information content (AvgIpc) is 2.67. The van der Waals surface area contributed by atoms with Crippen molar-refractivity contribution in [1.29, 1.82) is 0 Å². The molecule has 27 heavy (non-hydrogen) atoms. The monoisotopic (exact) mass is 410 g/mol. The topological polar surface area (TPSA) is 84.9 Å². The highest BCUT2D eigenvalue weighted by Gasteiger charge is 2.20. The molecule has 9 heteroatoms. The van der Waals surface area contributed by atoms with Crippen LogP contribution in [0.4, 0.5) is 5.69 Å². The molecule has 2 aromatic rings. The molecule has 0 aromatic heterocycles. The molecule has 0 radical (unpaired) electrons. The second-order valence-corrected chi connectivity index (χ2v) is 8.35. The summed E-state index contributed by atoms with van der Waals surface area (Å²) in [5.74, 6) is 0.847. The van der Waals surface area contributed by atoms with Gasteiger partial charge in [0.1, 0.15) is 5.75 Å². The number of benzene rings is 2. The van der Waals surface area contributed by atoms with Gasteiger partial charge in [-0.3, -0.25) is 9.63 Å². The normalized spacial score (nSPS) is 11.4. The van der Waals surface area contributed by atoms with E-state index in [1.165, 1.54) is 50.2 Å². The maximum absolute atomic E-state index is 12.1. The van der Waals surface area contributed by atoms with Crippen molar-refractivity contribution in [3.8, 4) is 5.75 Å². The van der Waals surface area contributed by atoms with Gasteiger partial charge in [0.25, 0.3) is 10.0 Å². The molecular formula is C18H22N2O5S2. The molecule has 0 aliphatic rings. The predicted molar refractivity (Wildman–Crippen MR) is 105 cm³/mol. The third kappa shape index (κ3) is 5.96. The summed E-state index contributed by atoms with van der Waals surface area (Å²) < 4.78 is 30.4. The number of hydroxylamine groups is 1. The molecule has 2 aromatic carbocycles. The summed E-state index contributed by atoms with van der Waals surface area (Å²) in [5, 5.41) is 2.74. The molecule has 2 rings (SSSR count). The molecule has 1 N–H and O–H groups in total. The zero-order valence-electron chi connectivity index (χ0n) is 15.3. The van der Waals surface area contributed by atoms with Crippen LogP contribution < -0.4 is 10.1 Å². The SMILES string of the molecule is CCOc1ccc(SCC(=O)Nc2ccc(S(=O)(=O)N(C)OC)cc2)cc1. The zero-order valence-corrected chi connectivity index (χ0v) is 17.0. The van der Waals surface area contributed by atoms with E-state index in [0.29, 0.717) is 12.3 Å². The summed E-state index contributed by atoms with van der Waals surface area (Å²) in [7, 11) is -1.12. The molecule has 0 bridgehead atoms. The number of nitrogens with one attached hydrogen (secondary N) is 1. The minimum absolute atomic E-state index is 0.0774. The van der Waals surface area contributed by atoms with Gasteiger partial charge in [0.05, 0.1) is 24.4 Å². The number of thioether (sulfide) groups is 1. The molecular weight excluding hydrogens is 388 g/mol. The molecule has 0 saturated heterocycles. The first-order chi connectivity index (χ1) is 12.9. The van der Waals surface area contributed by atoms with Gasteiger partial charge in [-0.15, -0.1) is 11.8 Å². The molecule has 0 fully saturated rings. The third-order valence-electron chi connectivity index (χ3n) is 3.54. The molecule has 0 atom stereocenters. The molecule has 146 valence electrons. The largest absolute Gasteiger partial charge is 0.494 e. The van der Waals surface area contributed by atoms with Gasteiger partial charge in [-0.25, -0.2) is 8.42 Å². The van der Waals surface area contributed by atoms with Crippen molar-refractivity contribution in [2.24, 2.45) is 0 Å². The van der Waals surface area contributed by atoms with Gasteiger partial charge in [0, 0.05) is 17.6 Å². The fourth-order valence-corrected chi connectivity index (χ4v) is 3.77. The molecule has 0 saturated carbocycles. The van der Waals surface area contributed by atoms with Gasteiger partial charge in [0.2, 0.25) is 5.91 Å². The number of amides is 1. The lowest BCUT2D eigenvalue weighted by Gasteiger charge is -2.14. The van der Waals surface area contributed by atoms with Gasteiger partial charge in [-0.05, 0) is 55.5 Å². The molecule has 1 amide bonds. The van der Waals surface area contributed by atoms with E-state index in [1.54, 1.807) is 0 Å². The smallest absolute Gasteiger partial charge is 0.264 e. The highest BCUT2D eigenvalue weighted by molar-refractivity contribution is 8.00. The second kappa shape index (κ2) is 9.75. The van der Waals surface area contributed by atoms with Crippen molar-refractivity contribution in [2.75, 3.05) is 31.8 Å². The molecule has 0 heterocycles. The van der Waals surface area contributed by atoms with E-state index in [0.717, 1.165) is 15.1 Å². The number of rotatable bonds is 9. The molecule has 7 nitrogen and oxygen atoms in total. The Balaban J connectivity index is 1.90. The van der Waals surface area contributed by atoms with Crippen LogP contribution in [0.15, 0.2) is 58.3 Å². The van der Waals surface area contributed by atoms with Crippen LogP contribution in [0, 0.1) is 0 Å². The Labute approximate surface area is 163 Å². The first kappa shape index (κ1) is 21.2. The van der Waals surface area contributed by atoms with Crippen LogP contribution >= 0.6 is 11.8 Å². The summed E-state index contributed by atoms with van der Waals surface area (Å²) in [6, 6.07) is 13.4. The van der Waals surface area contributed by atoms with E-state index in [9.17, 15) is 13.2 Å².